The van der Waals surface area contributed by atoms with Crippen molar-refractivity contribution < 1.29 is 9.47 Å². The molecule has 1 fully saturated rings. The molecule has 1 aliphatic heterocycles. The van der Waals surface area contributed by atoms with Gasteiger partial charge in [-0.25, -0.2) is 0 Å². The summed E-state index contributed by atoms with van der Waals surface area (Å²) in [5, 5.41) is 3.67. The summed E-state index contributed by atoms with van der Waals surface area (Å²) in [5.74, 6) is 0.937. The van der Waals surface area contributed by atoms with Crippen LogP contribution in [0, 0.1) is 0 Å². The molecule has 0 aromatic heterocycles. The summed E-state index contributed by atoms with van der Waals surface area (Å²) >= 11 is 0. The van der Waals surface area contributed by atoms with Gasteiger partial charge < -0.3 is 14.8 Å². The molecule has 3 heteroatoms. The van der Waals surface area contributed by atoms with Crippen molar-refractivity contribution in [3.63, 3.8) is 0 Å². The van der Waals surface area contributed by atoms with Crippen molar-refractivity contribution >= 4 is 0 Å². The summed E-state index contributed by atoms with van der Waals surface area (Å²) in [6.07, 6.45) is 3.56. The minimum atomic E-state index is -0.119. The maximum Gasteiger partial charge on any atom is 0.120 e. The van der Waals surface area contributed by atoms with E-state index < -0.39 is 0 Å². The Morgan fingerprint density at radius 1 is 1.38 bits per heavy atom. The largest absolute Gasteiger partial charge is 0.491 e. The number of nitrogens with one attached hydrogen (secondary N) is 1. The molecule has 0 bridgehead atoms. The monoisotopic (exact) mass is 291 g/mol. The maximum absolute atomic E-state index is 6.07. The number of rotatable bonds is 7. The molecule has 1 aromatic rings. The summed E-state index contributed by atoms with van der Waals surface area (Å²) in [4.78, 5) is 0. The summed E-state index contributed by atoms with van der Waals surface area (Å²) in [6.45, 7) is 10.4. The maximum atomic E-state index is 6.07. The number of hydrogen-bond donors (Lipinski definition) is 1. The van der Waals surface area contributed by atoms with E-state index in [1.807, 2.05) is 6.07 Å². The molecule has 0 spiro atoms. The van der Waals surface area contributed by atoms with E-state index in [1.54, 1.807) is 0 Å². The zero-order valence-electron chi connectivity index (χ0n) is 13.8. The molecule has 2 unspecified atom stereocenters. The highest BCUT2D eigenvalue weighted by molar-refractivity contribution is 5.32. The predicted molar refractivity (Wildman–Crippen MR) is 86.8 cm³/mol. The fraction of sp³-hybridized carbons (Fsp3) is 0.667. The second-order valence-corrected chi connectivity index (χ2v) is 6.39. The lowest BCUT2D eigenvalue weighted by atomic mass is 9.87. The SMILES string of the molecule is CCCNC(c1cccc(OC(C)C)c1)C1(C)CCCO1. The van der Waals surface area contributed by atoms with Gasteiger partial charge in [0.2, 0.25) is 0 Å². The summed E-state index contributed by atoms with van der Waals surface area (Å²) in [7, 11) is 0. The lowest BCUT2D eigenvalue weighted by Crippen LogP contribution is -2.41. The second-order valence-electron chi connectivity index (χ2n) is 6.39. The standard InChI is InChI=1S/C18H29NO2/c1-5-11-19-17(18(4)10-7-12-20-18)15-8-6-9-16(13-15)21-14(2)3/h6,8-9,13-14,17,19H,5,7,10-12H2,1-4H3. The minimum absolute atomic E-state index is 0.119. The Hall–Kier alpha value is -1.06. The van der Waals surface area contributed by atoms with Crippen molar-refractivity contribution in [3.8, 4) is 5.75 Å². The highest BCUT2D eigenvalue weighted by atomic mass is 16.5. The third kappa shape index (κ3) is 4.21. The molecule has 1 heterocycles. The molecule has 2 rings (SSSR count). The van der Waals surface area contributed by atoms with Crippen molar-refractivity contribution in [3.05, 3.63) is 29.8 Å². The summed E-state index contributed by atoms with van der Waals surface area (Å²) in [5.41, 5.74) is 1.14. The van der Waals surface area contributed by atoms with Gasteiger partial charge >= 0.3 is 0 Å². The number of ether oxygens (including phenoxy) is 2. The van der Waals surface area contributed by atoms with Gasteiger partial charge in [-0.3, -0.25) is 0 Å². The summed E-state index contributed by atoms with van der Waals surface area (Å²) in [6, 6.07) is 8.65. The molecule has 3 nitrogen and oxygen atoms in total. The molecule has 2 atom stereocenters. The minimum Gasteiger partial charge on any atom is -0.491 e. The van der Waals surface area contributed by atoms with Gasteiger partial charge in [-0.2, -0.15) is 0 Å². The number of benzene rings is 1. The van der Waals surface area contributed by atoms with Crippen molar-refractivity contribution in [1.82, 2.24) is 5.32 Å². The van der Waals surface area contributed by atoms with Crippen LogP contribution < -0.4 is 10.1 Å². The van der Waals surface area contributed by atoms with Crippen molar-refractivity contribution in [1.29, 1.82) is 0 Å². The first-order chi connectivity index (χ1) is 10.0. The zero-order chi connectivity index (χ0) is 15.3. The normalized spacial score (nSPS) is 23.5. The van der Waals surface area contributed by atoms with Gasteiger partial charge in [0, 0.05) is 6.61 Å². The van der Waals surface area contributed by atoms with E-state index in [9.17, 15) is 0 Å². The van der Waals surface area contributed by atoms with Crippen molar-refractivity contribution in [2.75, 3.05) is 13.2 Å². The molecule has 118 valence electrons. The average molecular weight is 291 g/mol. The van der Waals surface area contributed by atoms with Crippen LogP contribution in [-0.2, 0) is 4.74 Å². The lowest BCUT2D eigenvalue weighted by Gasteiger charge is -2.34. The predicted octanol–water partition coefficient (Wildman–Crippen LogP) is 4.08. The van der Waals surface area contributed by atoms with E-state index in [0.29, 0.717) is 0 Å². The van der Waals surface area contributed by atoms with Crippen molar-refractivity contribution in [2.24, 2.45) is 0 Å². The van der Waals surface area contributed by atoms with E-state index in [1.165, 1.54) is 5.56 Å². The fourth-order valence-corrected chi connectivity index (χ4v) is 3.04. The Morgan fingerprint density at radius 3 is 2.81 bits per heavy atom. The Labute approximate surface area is 129 Å². The highest BCUT2D eigenvalue weighted by Gasteiger charge is 2.39. The molecule has 0 radical (unpaired) electrons. The second kappa shape index (κ2) is 7.28. The van der Waals surface area contributed by atoms with Gasteiger partial charge in [0.05, 0.1) is 17.7 Å². The Bertz CT molecular complexity index is 439. The van der Waals surface area contributed by atoms with Crippen LogP contribution in [0.15, 0.2) is 24.3 Å². The van der Waals surface area contributed by atoms with Crippen LogP contribution in [0.25, 0.3) is 0 Å². The van der Waals surface area contributed by atoms with Crippen LogP contribution in [0.2, 0.25) is 0 Å². The van der Waals surface area contributed by atoms with Gasteiger partial charge in [0.1, 0.15) is 5.75 Å². The molecular formula is C18H29NO2. The smallest absolute Gasteiger partial charge is 0.120 e. The van der Waals surface area contributed by atoms with Gasteiger partial charge in [-0.1, -0.05) is 19.1 Å². The molecular weight excluding hydrogens is 262 g/mol. The van der Waals surface area contributed by atoms with Gasteiger partial charge in [0.15, 0.2) is 0 Å². The molecule has 0 amide bonds. The third-order valence-corrected chi connectivity index (χ3v) is 4.02. The molecule has 1 aromatic carbocycles. The van der Waals surface area contributed by atoms with E-state index >= 15 is 0 Å². The van der Waals surface area contributed by atoms with Crippen LogP contribution in [0.1, 0.15) is 58.6 Å². The van der Waals surface area contributed by atoms with E-state index in [0.717, 1.165) is 38.2 Å². The van der Waals surface area contributed by atoms with E-state index in [-0.39, 0.29) is 17.7 Å². The lowest BCUT2D eigenvalue weighted by molar-refractivity contribution is -0.0125. The fourth-order valence-electron chi connectivity index (χ4n) is 3.04. The van der Waals surface area contributed by atoms with Gasteiger partial charge in [-0.05, 0) is 64.3 Å². The van der Waals surface area contributed by atoms with Gasteiger partial charge in [0.25, 0.3) is 0 Å². The molecule has 0 saturated carbocycles. The first-order valence-electron chi connectivity index (χ1n) is 8.19. The molecule has 0 aliphatic carbocycles. The van der Waals surface area contributed by atoms with E-state index in [4.69, 9.17) is 9.47 Å². The Kier molecular flexibility index (Phi) is 5.65. The quantitative estimate of drug-likeness (QED) is 0.821. The first-order valence-corrected chi connectivity index (χ1v) is 8.19. The Morgan fingerprint density at radius 2 is 2.19 bits per heavy atom. The summed E-state index contributed by atoms with van der Waals surface area (Å²) < 4.78 is 11.9. The third-order valence-electron chi connectivity index (χ3n) is 4.02. The first kappa shape index (κ1) is 16.3. The van der Waals surface area contributed by atoms with Crippen LogP contribution in [0.4, 0.5) is 0 Å². The van der Waals surface area contributed by atoms with Crippen LogP contribution >= 0.6 is 0 Å². The van der Waals surface area contributed by atoms with Crippen LogP contribution in [0.3, 0.4) is 0 Å². The molecule has 1 saturated heterocycles. The zero-order valence-corrected chi connectivity index (χ0v) is 13.8. The topological polar surface area (TPSA) is 30.5 Å². The van der Waals surface area contributed by atoms with Crippen LogP contribution in [0.5, 0.6) is 5.75 Å². The Balaban J connectivity index is 2.23. The number of hydrogen-bond acceptors (Lipinski definition) is 3. The highest BCUT2D eigenvalue weighted by Crippen LogP contribution is 2.38. The molecule has 1 N–H and O–H groups in total. The van der Waals surface area contributed by atoms with Crippen molar-refractivity contribution in [2.45, 2.75) is 64.7 Å². The average Bonchev–Trinajstić information content (AvgIpc) is 2.86. The molecule has 1 aliphatic rings. The van der Waals surface area contributed by atoms with Crippen LogP contribution in [-0.4, -0.2) is 24.9 Å². The molecule has 21 heavy (non-hydrogen) atoms. The van der Waals surface area contributed by atoms with E-state index in [2.05, 4.69) is 51.2 Å². The van der Waals surface area contributed by atoms with Gasteiger partial charge in [-0.15, -0.1) is 0 Å².